The number of hydrogen-bond acceptors (Lipinski definition) is 3. The molecule has 17 heavy (non-hydrogen) atoms. The normalized spacial score (nSPS) is 20.4. The Balaban J connectivity index is 2.64. The molecule has 0 spiro atoms. The monoisotopic (exact) mass is 229 g/mol. The molecule has 0 aliphatic heterocycles. The molecular weight excluding hydrogens is 210 g/mol. The molecule has 90 valence electrons. The molecule has 1 heterocycles. The van der Waals surface area contributed by atoms with E-state index in [4.69, 9.17) is 11.0 Å². The molecule has 0 unspecified atom stereocenters. The van der Waals surface area contributed by atoms with Gasteiger partial charge in [0.2, 0.25) is 0 Å². The molecule has 0 bridgehead atoms. The van der Waals surface area contributed by atoms with E-state index >= 15 is 0 Å². The topological polar surface area (TPSA) is 62.7 Å². The molecule has 0 atom stereocenters. The maximum absolute atomic E-state index is 9.02. The van der Waals surface area contributed by atoms with E-state index in [-0.39, 0.29) is 10.8 Å². The predicted molar refractivity (Wildman–Crippen MR) is 68.5 cm³/mol. The molecule has 3 heteroatoms. The number of nitrogens with two attached hydrogens (primary N) is 1. The first-order chi connectivity index (χ1) is 7.75. The Bertz CT molecular complexity index is 507. The maximum atomic E-state index is 9.02. The van der Waals surface area contributed by atoms with Crippen LogP contribution in [0.15, 0.2) is 6.07 Å². The number of nitrogens with zero attached hydrogens (tertiary/aromatic N) is 2. The van der Waals surface area contributed by atoms with Crippen LogP contribution in [0, 0.1) is 16.7 Å². The van der Waals surface area contributed by atoms with Crippen molar-refractivity contribution in [2.24, 2.45) is 5.41 Å². The van der Waals surface area contributed by atoms with Gasteiger partial charge >= 0.3 is 0 Å². The molecule has 0 saturated carbocycles. The lowest BCUT2D eigenvalue weighted by molar-refractivity contribution is 0.228. The summed E-state index contributed by atoms with van der Waals surface area (Å²) in [6.45, 7) is 8.94. The van der Waals surface area contributed by atoms with Gasteiger partial charge in [-0.25, -0.2) is 4.98 Å². The number of rotatable bonds is 0. The summed E-state index contributed by atoms with van der Waals surface area (Å²) in [5.74, 6) is 0.361. The van der Waals surface area contributed by atoms with Crippen molar-refractivity contribution in [1.82, 2.24) is 4.98 Å². The zero-order chi connectivity index (χ0) is 12.8. The zero-order valence-corrected chi connectivity index (χ0v) is 11.0. The summed E-state index contributed by atoms with van der Waals surface area (Å²) >= 11 is 0. The van der Waals surface area contributed by atoms with Gasteiger partial charge in [-0.3, -0.25) is 0 Å². The number of anilines is 1. The van der Waals surface area contributed by atoms with Gasteiger partial charge in [-0.1, -0.05) is 27.7 Å². The van der Waals surface area contributed by atoms with Gasteiger partial charge in [0.1, 0.15) is 11.9 Å². The number of pyridine rings is 1. The molecule has 1 aromatic rings. The summed E-state index contributed by atoms with van der Waals surface area (Å²) in [5.41, 5.74) is 8.84. The van der Waals surface area contributed by atoms with Crippen LogP contribution in [0.1, 0.15) is 50.9 Å². The van der Waals surface area contributed by atoms with E-state index in [9.17, 15) is 0 Å². The lowest BCUT2D eigenvalue weighted by Crippen LogP contribution is -2.35. The van der Waals surface area contributed by atoms with Gasteiger partial charge in [0.05, 0.1) is 5.56 Å². The van der Waals surface area contributed by atoms with Crippen molar-refractivity contribution < 1.29 is 0 Å². The fourth-order valence-corrected chi connectivity index (χ4v) is 3.19. The Morgan fingerprint density at radius 1 is 1.35 bits per heavy atom. The predicted octanol–water partition coefficient (Wildman–Crippen LogP) is 2.79. The Labute approximate surface area is 103 Å². The van der Waals surface area contributed by atoms with Crippen molar-refractivity contribution in [1.29, 1.82) is 5.26 Å². The Kier molecular flexibility index (Phi) is 2.43. The smallest absolute Gasteiger partial charge is 0.141 e. The van der Waals surface area contributed by atoms with E-state index in [1.807, 2.05) is 6.07 Å². The van der Waals surface area contributed by atoms with Crippen molar-refractivity contribution in [3.63, 3.8) is 0 Å². The largest absolute Gasteiger partial charge is 0.383 e. The average Bonchev–Trinajstić information content (AvgIpc) is 2.13. The summed E-state index contributed by atoms with van der Waals surface area (Å²) in [6, 6.07) is 4.04. The van der Waals surface area contributed by atoms with Crippen molar-refractivity contribution in [2.45, 2.75) is 46.0 Å². The second-order valence-electron chi connectivity index (χ2n) is 6.43. The molecule has 3 nitrogen and oxygen atoms in total. The van der Waals surface area contributed by atoms with Crippen LogP contribution in [0.4, 0.5) is 5.82 Å². The third-order valence-corrected chi connectivity index (χ3v) is 3.55. The fraction of sp³-hybridized carbons (Fsp3) is 0.571. The van der Waals surface area contributed by atoms with Crippen LogP contribution in [0.2, 0.25) is 0 Å². The Hall–Kier alpha value is -1.56. The molecule has 1 aliphatic carbocycles. The van der Waals surface area contributed by atoms with E-state index in [1.165, 1.54) is 5.56 Å². The second kappa shape index (κ2) is 3.46. The summed E-state index contributed by atoms with van der Waals surface area (Å²) < 4.78 is 0. The van der Waals surface area contributed by atoms with Crippen LogP contribution in [-0.2, 0) is 11.8 Å². The van der Waals surface area contributed by atoms with Crippen LogP contribution >= 0.6 is 0 Å². The molecule has 0 radical (unpaired) electrons. The van der Waals surface area contributed by atoms with E-state index in [0.29, 0.717) is 11.4 Å². The van der Waals surface area contributed by atoms with Crippen LogP contribution < -0.4 is 5.73 Å². The first kappa shape index (κ1) is 11.9. The number of aromatic nitrogens is 1. The van der Waals surface area contributed by atoms with Gasteiger partial charge in [-0.15, -0.1) is 0 Å². The van der Waals surface area contributed by atoms with Gasteiger partial charge in [0, 0.05) is 5.69 Å². The van der Waals surface area contributed by atoms with Gasteiger partial charge in [0.25, 0.3) is 0 Å². The van der Waals surface area contributed by atoms with E-state index in [0.717, 1.165) is 18.5 Å². The summed E-state index contributed by atoms with van der Waals surface area (Å²) in [4.78, 5) is 4.43. The minimum Gasteiger partial charge on any atom is -0.383 e. The van der Waals surface area contributed by atoms with Gasteiger partial charge in [0.15, 0.2) is 0 Å². The minimum absolute atomic E-state index is 0.0589. The molecule has 0 aromatic carbocycles. The van der Waals surface area contributed by atoms with Gasteiger partial charge in [-0.2, -0.15) is 5.26 Å². The van der Waals surface area contributed by atoms with Gasteiger partial charge in [-0.05, 0) is 35.3 Å². The van der Waals surface area contributed by atoms with Crippen molar-refractivity contribution in [3.05, 3.63) is 22.9 Å². The van der Waals surface area contributed by atoms with Crippen molar-refractivity contribution >= 4 is 5.82 Å². The van der Waals surface area contributed by atoms with Crippen molar-refractivity contribution in [2.75, 3.05) is 5.73 Å². The molecule has 2 N–H and O–H groups in total. The lowest BCUT2D eigenvalue weighted by Gasteiger charge is -2.41. The first-order valence-electron chi connectivity index (χ1n) is 5.95. The third kappa shape index (κ3) is 2.00. The number of fused-ring (bicyclic) bond motifs is 1. The molecule has 2 rings (SSSR count). The highest BCUT2D eigenvalue weighted by Crippen LogP contribution is 2.45. The lowest BCUT2D eigenvalue weighted by atomic mass is 9.64. The third-order valence-electron chi connectivity index (χ3n) is 3.55. The number of nitriles is 1. The summed E-state index contributed by atoms with van der Waals surface area (Å²) in [6.07, 6.45) is 2.03. The SMILES string of the molecule is CC1(C)Cc2nc(N)c(C#N)cc2C(C)(C)C1. The summed E-state index contributed by atoms with van der Waals surface area (Å²) in [5, 5.41) is 9.02. The quantitative estimate of drug-likeness (QED) is 0.744. The highest BCUT2D eigenvalue weighted by Gasteiger charge is 2.38. The molecule has 0 saturated heterocycles. The van der Waals surface area contributed by atoms with Crippen LogP contribution in [0.25, 0.3) is 0 Å². The second-order valence-corrected chi connectivity index (χ2v) is 6.43. The summed E-state index contributed by atoms with van der Waals surface area (Å²) in [7, 11) is 0. The Morgan fingerprint density at radius 2 is 2.00 bits per heavy atom. The minimum atomic E-state index is 0.0589. The molecule has 1 aromatic heterocycles. The highest BCUT2D eigenvalue weighted by molar-refractivity contribution is 5.53. The van der Waals surface area contributed by atoms with Crippen LogP contribution in [0.3, 0.4) is 0 Å². The van der Waals surface area contributed by atoms with Crippen molar-refractivity contribution in [3.8, 4) is 6.07 Å². The van der Waals surface area contributed by atoms with E-state index in [2.05, 4.69) is 38.7 Å². The number of hydrogen-bond donors (Lipinski definition) is 1. The van der Waals surface area contributed by atoms with E-state index < -0.39 is 0 Å². The average molecular weight is 229 g/mol. The number of nitrogen functional groups attached to an aromatic ring is 1. The fourth-order valence-electron chi connectivity index (χ4n) is 3.19. The molecule has 0 fully saturated rings. The molecule has 0 amide bonds. The highest BCUT2D eigenvalue weighted by atomic mass is 14.9. The zero-order valence-electron chi connectivity index (χ0n) is 11.0. The van der Waals surface area contributed by atoms with Gasteiger partial charge < -0.3 is 5.73 Å². The first-order valence-corrected chi connectivity index (χ1v) is 5.95. The standard InChI is InChI=1S/C14H19N3/c1-13(2)6-11-10(14(3,4)8-13)5-9(7-15)12(16)17-11/h5H,6,8H2,1-4H3,(H2,16,17). The Morgan fingerprint density at radius 3 is 2.59 bits per heavy atom. The van der Waals surface area contributed by atoms with E-state index in [1.54, 1.807) is 0 Å². The molecule has 1 aliphatic rings. The maximum Gasteiger partial charge on any atom is 0.141 e. The molecular formula is C14H19N3. The van der Waals surface area contributed by atoms with Crippen LogP contribution in [-0.4, -0.2) is 4.98 Å². The van der Waals surface area contributed by atoms with Crippen LogP contribution in [0.5, 0.6) is 0 Å².